The van der Waals surface area contributed by atoms with Crippen molar-refractivity contribution in [3.63, 3.8) is 0 Å². The zero-order chi connectivity index (χ0) is 15.3. The van der Waals surface area contributed by atoms with Gasteiger partial charge in [0.1, 0.15) is 0 Å². The summed E-state index contributed by atoms with van der Waals surface area (Å²) in [6, 6.07) is 5.45. The maximum absolute atomic E-state index is 12.1. The average molecular weight is 341 g/mol. The number of rotatable bonds is 5. The minimum Gasteiger partial charge on any atom is -0.354 e. The van der Waals surface area contributed by atoms with E-state index in [1.807, 2.05) is 39.8 Å². The van der Waals surface area contributed by atoms with Crippen LogP contribution in [-0.4, -0.2) is 23.9 Å². The van der Waals surface area contributed by atoms with Crippen molar-refractivity contribution in [2.45, 2.75) is 46.2 Å². The summed E-state index contributed by atoms with van der Waals surface area (Å²) in [7, 11) is 0. The second-order valence-electron chi connectivity index (χ2n) is 5.28. The van der Waals surface area contributed by atoms with E-state index in [-0.39, 0.29) is 30.3 Å². The SMILES string of the molecule is Cc1ccc(C(=O)N[C@@H](C)CC(=O)NC(C)C)c(Br)c1. The second-order valence-corrected chi connectivity index (χ2v) is 6.14. The highest BCUT2D eigenvalue weighted by Gasteiger charge is 2.15. The third-order valence-corrected chi connectivity index (χ3v) is 3.34. The zero-order valence-electron chi connectivity index (χ0n) is 12.3. The van der Waals surface area contributed by atoms with Gasteiger partial charge in [0.2, 0.25) is 5.91 Å². The van der Waals surface area contributed by atoms with E-state index in [2.05, 4.69) is 26.6 Å². The number of carbonyl (C=O) groups is 2. The number of benzene rings is 1. The highest BCUT2D eigenvalue weighted by atomic mass is 79.9. The van der Waals surface area contributed by atoms with Crippen LogP contribution in [0, 0.1) is 6.92 Å². The van der Waals surface area contributed by atoms with E-state index in [4.69, 9.17) is 0 Å². The molecule has 1 rings (SSSR count). The molecule has 110 valence electrons. The number of hydrogen-bond acceptors (Lipinski definition) is 2. The Hall–Kier alpha value is -1.36. The quantitative estimate of drug-likeness (QED) is 0.865. The van der Waals surface area contributed by atoms with E-state index in [0.717, 1.165) is 10.0 Å². The maximum atomic E-state index is 12.1. The summed E-state index contributed by atoms with van der Waals surface area (Å²) in [5.74, 6) is -0.238. The molecule has 0 saturated carbocycles. The Balaban J connectivity index is 2.59. The first kappa shape index (κ1) is 16.7. The molecule has 0 bridgehead atoms. The molecule has 0 aliphatic heterocycles. The molecule has 5 heteroatoms. The maximum Gasteiger partial charge on any atom is 0.252 e. The predicted molar refractivity (Wildman–Crippen MR) is 83.7 cm³/mol. The molecule has 4 nitrogen and oxygen atoms in total. The highest BCUT2D eigenvalue weighted by molar-refractivity contribution is 9.10. The molecule has 0 fully saturated rings. The Kier molecular flexibility index (Phi) is 6.20. The van der Waals surface area contributed by atoms with Crippen LogP contribution < -0.4 is 10.6 Å². The van der Waals surface area contributed by atoms with Crippen molar-refractivity contribution in [3.8, 4) is 0 Å². The molecule has 0 aromatic heterocycles. The number of amides is 2. The van der Waals surface area contributed by atoms with Crippen LogP contribution in [0.4, 0.5) is 0 Å². The Morgan fingerprint density at radius 3 is 2.40 bits per heavy atom. The van der Waals surface area contributed by atoms with Gasteiger partial charge in [0.05, 0.1) is 5.56 Å². The minimum absolute atomic E-state index is 0.0595. The first-order chi connectivity index (χ1) is 9.29. The Labute approximate surface area is 128 Å². The molecule has 20 heavy (non-hydrogen) atoms. The van der Waals surface area contributed by atoms with Crippen molar-refractivity contribution in [3.05, 3.63) is 33.8 Å². The van der Waals surface area contributed by atoms with Gasteiger partial charge in [-0.15, -0.1) is 0 Å². The van der Waals surface area contributed by atoms with Crippen LogP contribution in [0.25, 0.3) is 0 Å². The lowest BCUT2D eigenvalue weighted by Gasteiger charge is -2.15. The van der Waals surface area contributed by atoms with E-state index in [1.165, 1.54) is 0 Å². The second kappa shape index (κ2) is 7.43. The standard InChI is InChI=1S/C15H21BrN2O2/c1-9(2)17-14(19)8-11(4)18-15(20)12-6-5-10(3)7-13(12)16/h5-7,9,11H,8H2,1-4H3,(H,17,19)(H,18,20)/t11-/m0/s1. The van der Waals surface area contributed by atoms with Crippen molar-refractivity contribution in [2.75, 3.05) is 0 Å². The minimum atomic E-state index is -0.213. The molecule has 1 aromatic rings. The van der Waals surface area contributed by atoms with Crippen LogP contribution in [0.2, 0.25) is 0 Å². The summed E-state index contributed by atoms with van der Waals surface area (Å²) in [6.07, 6.45) is 0.271. The van der Waals surface area contributed by atoms with Crippen LogP contribution >= 0.6 is 15.9 Å². The molecular formula is C15H21BrN2O2. The first-order valence-electron chi connectivity index (χ1n) is 6.66. The van der Waals surface area contributed by atoms with E-state index in [0.29, 0.717) is 5.56 Å². The first-order valence-corrected chi connectivity index (χ1v) is 7.45. The van der Waals surface area contributed by atoms with Gasteiger partial charge in [-0.05, 0) is 61.3 Å². The lowest BCUT2D eigenvalue weighted by molar-refractivity contribution is -0.121. The van der Waals surface area contributed by atoms with Crippen molar-refractivity contribution in [1.82, 2.24) is 10.6 Å². The normalized spacial score (nSPS) is 12.1. The van der Waals surface area contributed by atoms with E-state index in [1.54, 1.807) is 6.07 Å². The van der Waals surface area contributed by atoms with Crippen molar-refractivity contribution in [1.29, 1.82) is 0 Å². The third-order valence-electron chi connectivity index (χ3n) is 2.69. The molecule has 2 N–H and O–H groups in total. The fraction of sp³-hybridized carbons (Fsp3) is 0.467. The number of nitrogens with one attached hydrogen (secondary N) is 2. The van der Waals surface area contributed by atoms with E-state index >= 15 is 0 Å². The summed E-state index contributed by atoms with van der Waals surface area (Å²) >= 11 is 3.38. The van der Waals surface area contributed by atoms with Crippen LogP contribution in [0.3, 0.4) is 0 Å². The highest BCUT2D eigenvalue weighted by Crippen LogP contribution is 2.18. The molecule has 0 aliphatic rings. The van der Waals surface area contributed by atoms with Crippen molar-refractivity contribution >= 4 is 27.7 Å². The predicted octanol–water partition coefficient (Wildman–Crippen LogP) is 2.79. The van der Waals surface area contributed by atoms with Crippen LogP contribution in [0.5, 0.6) is 0 Å². The van der Waals surface area contributed by atoms with Crippen LogP contribution in [0.15, 0.2) is 22.7 Å². The fourth-order valence-electron chi connectivity index (χ4n) is 1.82. The summed E-state index contributed by atoms with van der Waals surface area (Å²) < 4.78 is 0.758. The van der Waals surface area contributed by atoms with Crippen molar-refractivity contribution in [2.24, 2.45) is 0 Å². The van der Waals surface area contributed by atoms with Gasteiger partial charge in [0.15, 0.2) is 0 Å². The molecule has 1 atom stereocenters. The lowest BCUT2D eigenvalue weighted by Crippen LogP contribution is -2.39. The van der Waals surface area contributed by atoms with Gasteiger partial charge >= 0.3 is 0 Å². The topological polar surface area (TPSA) is 58.2 Å². The van der Waals surface area contributed by atoms with Crippen LogP contribution in [-0.2, 0) is 4.79 Å². The van der Waals surface area contributed by atoms with Crippen molar-refractivity contribution < 1.29 is 9.59 Å². The molecule has 2 amide bonds. The molecular weight excluding hydrogens is 320 g/mol. The zero-order valence-corrected chi connectivity index (χ0v) is 13.9. The fourth-order valence-corrected chi connectivity index (χ4v) is 2.49. The Morgan fingerprint density at radius 2 is 1.85 bits per heavy atom. The van der Waals surface area contributed by atoms with E-state index < -0.39 is 0 Å². The largest absolute Gasteiger partial charge is 0.354 e. The number of aryl methyl sites for hydroxylation is 1. The number of carbonyl (C=O) groups excluding carboxylic acids is 2. The molecule has 0 spiro atoms. The van der Waals surface area contributed by atoms with Gasteiger partial charge in [-0.1, -0.05) is 6.07 Å². The number of hydrogen-bond donors (Lipinski definition) is 2. The average Bonchev–Trinajstić information content (AvgIpc) is 2.26. The molecule has 0 saturated heterocycles. The van der Waals surface area contributed by atoms with Crippen LogP contribution in [0.1, 0.15) is 43.1 Å². The molecule has 0 radical (unpaired) electrons. The smallest absolute Gasteiger partial charge is 0.252 e. The van der Waals surface area contributed by atoms with Gasteiger partial charge in [0, 0.05) is 23.0 Å². The van der Waals surface area contributed by atoms with Gasteiger partial charge in [0.25, 0.3) is 5.91 Å². The summed E-state index contributed by atoms with van der Waals surface area (Å²) in [5.41, 5.74) is 1.66. The van der Waals surface area contributed by atoms with Gasteiger partial charge < -0.3 is 10.6 Å². The van der Waals surface area contributed by atoms with Gasteiger partial charge in [-0.2, -0.15) is 0 Å². The molecule has 0 unspecified atom stereocenters. The summed E-state index contributed by atoms with van der Waals surface area (Å²) in [6.45, 7) is 7.60. The lowest BCUT2D eigenvalue weighted by atomic mass is 10.1. The summed E-state index contributed by atoms with van der Waals surface area (Å²) in [5, 5.41) is 5.64. The van der Waals surface area contributed by atoms with E-state index in [9.17, 15) is 9.59 Å². The van der Waals surface area contributed by atoms with Gasteiger partial charge in [-0.25, -0.2) is 0 Å². The molecule has 0 heterocycles. The number of halogens is 1. The monoisotopic (exact) mass is 340 g/mol. The Morgan fingerprint density at radius 1 is 1.20 bits per heavy atom. The molecule has 0 aliphatic carbocycles. The summed E-state index contributed by atoms with van der Waals surface area (Å²) in [4.78, 5) is 23.7. The van der Waals surface area contributed by atoms with Gasteiger partial charge in [-0.3, -0.25) is 9.59 Å². The molecule has 1 aromatic carbocycles. The third kappa shape index (κ3) is 5.33. The Bertz CT molecular complexity index is 501.